The fourth-order valence-electron chi connectivity index (χ4n) is 2.81. The monoisotopic (exact) mass is 269 g/mol. The van der Waals surface area contributed by atoms with E-state index in [1.807, 2.05) is 17.0 Å². The van der Waals surface area contributed by atoms with E-state index in [4.69, 9.17) is 0 Å². The SMILES string of the molecule is CC(=O)c1cccc(F)c1N1CCc2ccccc2C1. The summed E-state index contributed by atoms with van der Waals surface area (Å²) in [4.78, 5) is 13.7. The standard InChI is InChI=1S/C17H16FNO/c1-12(20)15-7-4-8-16(18)17(15)19-10-9-13-5-2-3-6-14(13)11-19/h2-8H,9-11H2,1H3. The number of fused-ring (bicyclic) bond motifs is 1. The first-order valence-corrected chi connectivity index (χ1v) is 6.78. The number of rotatable bonds is 2. The van der Waals surface area contributed by atoms with Crippen molar-refractivity contribution < 1.29 is 9.18 Å². The molecule has 0 saturated carbocycles. The average molecular weight is 269 g/mol. The maximum absolute atomic E-state index is 14.2. The Balaban J connectivity index is 2.02. The minimum atomic E-state index is -0.322. The lowest BCUT2D eigenvalue weighted by atomic mass is 9.98. The van der Waals surface area contributed by atoms with Gasteiger partial charge in [-0.25, -0.2) is 4.39 Å². The van der Waals surface area contributed by atoms with Gasteiger partial charge in [-0.2, -0.15) is 0 Å². The number of hydrogen-bond acceptors (Lipinski definition) is 2. The first-order chi connectivity index (χ1) is 9.66. The largest absolute Gasteiger partial charge is 0.364 e. The predicted octanol–water partition coefficient (Wildman–Crippen LogP) is 3.59. The molecule has 2 aromatic rings. The van der Waals surface area contributed by atoms with E-state index in [1.165, 1.54) is 24.1 Å². The lowest BCUT2D eigenvalue weighted by Gasteiger charge is -2.32. The molecule has 20 heavy (non-hydrogen) atoms. The number of halogens is 1. The zero-order valence-electron chi connectivity index (χ0n) is 11.4. The van der Waals surface area contributed by atoms with Crippen molar-refractivity contribution >= 4 is 11.5 Å². The van der Waals surface area contributed by atoms with Gasteiger partial charge in [0.2, 0.25) is 0 Å². The van der Waals surface area contributed by atoms with Crippen LogP contribution in [0.25, 0.3) is 0 Å². The average Bonchev–Trinajstić information content (AvgIpc) is 2.46. The van der Waals surface area contributed by atoms with Crippen molar-refractivity contribution in [1.82, 2.24) is 0 Å². The van der Waals surface area contributed by atoms with E-state index < -0.39 is 0 Å². The number of benzene rings is 2. The van der Waals surface area contributed by atoms with Gasteiger partial charge in [0.15, 0.2) is 5.78 Å². The second-order valence-electron chi connectivity index (χ2n) is 5.13. The number of para-hydroxylation sites is 1. The molecule has 1 aliphatic rings. The minimum absolute atomic E-state index is 0.0987. The van der Waals surface area contributed by atoms with Crippen molar-refractivity contribution in [2.24, 2.45) is 0 Å². The summed E-state index contributed by atoms with van der Waals surface area (Å²) in [6, 6.07) is 12.9. The van der Waals surface area contributed by atoms with Crippen LogP contribution in [0.2, 0.25) is 0 Å². The second kappa shape index (κ2) is 5.08. The fraction of sp³-hybridized carbons (Fsp3) is 0.235. The summed E-state index contributed by atoms with van der Waals surface area (Å²) in [6.45, 7) is 2.87. The molecule has 2 aromatic carbocycles. The zero-order valence-corrected chi connectivity index (χ0v) is 11.4. The van der Waals surface area contributed by atoms with Crippen LogP contribution < -0.4 is 4.90 Å². The van der Waals surface area contributed by atoms with Crippen LogP contribution in [0.4, 0.5) is 10.1 Å². The number of Topliss-reactive ketones (excluding diaryl/α,β-unsaturated/α-hetero) is 1. The summed E-state index contributed by atoms with van der Waals surface area (Å²) in [5.41, 5.74) is 3.42. The third kappa shape index (κ3) is 2.20. The van der Waals surface area contributed by atoms with Gasteiger partial charge < -0.3 is 4.90 Å². The van der Waals surface area contributed by atoms with E-state index >= 15 is 0 Å². The zero-order chi connectivity index (χ0) is 14.1. The number of carbonyl (C=O) groups excluding carboxylic acids is 1. The molecular weight excluding hydrogens is 253 g/mol. The molecule has 0 saturated heterocycles. The summed E-state index contributed by atoms with van der Waals surface area (Å²) >= 11 is 0. The van der Waals surface area contributed by atoms with Gasteiger partial charge in [-0.15, -0.1) is 0 Å². The van der Waals surface area contributed by atoms with E-state index in [2.05, 4.69) is 12.1 Å². The van der Waals surface area contributed by atoms with Gasteiger partial charge >= 0.3 is 0 Å². The van der Waals surface area contributed by atoms with Crippen molar-refractivity contribution in [3.05, 3.63) is 65.0 Å². The lowest BCUT2D eigenvalue weighted by molar-refractivity contribution is 0.101. The molecule has 0 spiro atoms. The lowest BCUT2D eigenvalue weighted by Crippen LogP contribution is -2.32. The highest BCUT2D eigenvalue weighted by Gasteiger charge is 2.22. The van der Waals surface area contributed by atoms with Crippen LogP contribution in [0.3, 0.4) is 0 Å². The molecule has 0 aliphatic carbocycles. The molecule has 0 bridgehead atoms. The molecule has 1 aliphatic heterocycles. The molecule has 0 aromatic heterocycles. The number of anilines is 1. The van der Waals surface area contributed by atoms with Crippen molar-refractivity contribution in [1.29, 1.82) is 0 Å². The van der Waals surface area contributed by atoms with Crippen LogP contribution >= 0.6 is 0 Å². The van der Waals surface area contributed by atoms with Gasteiger partial charge in [0.05, 0.1) is 5.69 Å². The minimum Gasteiger partial charge on any atom is -0.364 e. The van der Waals surface area contributed by atoms with Crippen molar-refractivity contribution in [3.63, 3.8) is 0 Å². The van der Waals surface area contributed by atoms with Crippen molar-refractivity contribution in [2.45, 2.75) is 19.9 Å². The molecule has 0 radical (unpaired) electrons. The van der Waals surface area contributed by atoms with E-state index in [9.17, 15) is 9.18 Å². The van der Waals surface area contributed by atoms with Crippen LogP contribution in [0.5, 0.6) is 0 Å². The Morgan fingerprint density at radius 2 is 1.85 bits per heavy atom. The number of ketones is 1. The second-order valence-corrected chi connectivity index (χ2v) is 5.13. The van der Waals surface area contributed by atoms with E-state index in [0.29, 0.717) is 17.8 Å². The Bertz CT molecular complexity index is 666. The summed E-state index contributed by atoms with van der Waals surface area (Å²) in [6.07, 6.45) is 0.877. The summed E-state index contributed by atoms with van der Waals surface area (Å²) < 4.78 is 14.2. The molecule has 0 N–H and O–H groups in total. The predicted molar refractivity (Wildman–Crippen MR) is 77.6 cm³/mol. The first-order valence-electron chi connectivity index (χ1n) is 6.78. The van der Waals surface area contributed by atoms with Gasteiger partial charge in [-0.3, -0.25) is 4.79 Å². The normalized spacial score (nSPS) is 14.0. The van der Waals surface area contributed by atoms with E-state index in [1.54, 1.807) is 12.1 Å². The highest BCUT2D eigenvalue weighted by molar-refractivity contribution is 5.99. The quantitative estimate of drug-likeness (QED) is 0.776. The van der Waals surface area contributed by atoms with Crippen LogP contribution in [-0.4, -0.2) is 12.3 Å². The van der Waals surface area contributed by atoms with Crippen molar-refractivity contribution in [3.8, 4) is 0 Å². The third-order valence-electron chi connectivity index (χ3n) is 3.81. The maximum Gasteiger partial charge on any atom is 0.161 e. The molecule has 0 fully saturated rings. The molecule has 3 rings (SSSR count). The van der Waals surface area contributed by atoms with Crippen LogP contribution in [0.1, 0.15) is 28.4 Å². The molecule has 0 atom stereocenters. The number of hydrogen-bond donors (Lipinski definition) is 0. The van der Waals surface area contributed by atoms with Gasteiger partial charge in [-0.05, 0) is 36.6 Å². The van der Waals surface area contributed by atoms with Gasteiger partial charge in [0, 0.05) is 18.7 Å². The van der Waals surface area contributed by atoms with Gasteiger partial charge in [0.1, 0.15) is 5.82 Å². The van der Waals surface area contributed by atoms with E-state index in [-0.39, 0.29) is 11.6 Å². The molecule has 102 valence electrons. The van der Waals surface area contributed by atoms with Gasteiger partial charge in [0.25, 0.3) is 0 Å². The highest BCUT2D eigenvalue weighted by atomic mass is 19.1. The summed E-state index contributed by atoms with van der Waals surface area (Å²) in [5, 5.41) is 0. The molecule has 0 amide bonds. The van der Waals surface area contributed by atoms with E-state index in [0.717, 1.165) is 13.0 Å². The molecule has 0 unspecified atom stereocenters. The Morgan fingerprint density at radius 3 is 2.60 bits per heavy atom. The smallest absolute Gasteiger partial charge is 0.161 e. The number of nitrogens with zero attached hydrogens (tertiary/aromatic N) is 1. The first kappa shape index (κ1) is 12.9. The van der Waals surface area contributed by atoms with Crippen LogP contribution in [-0.2, 0) is 13.0 Å². The Kier molecular flexibility index (Phi) is 3.26. The Labute approximate surface area is 117 Å². The Hall–Kier alpha value is -2.16. The molecule has 2 nitrogen and oxygen atoms in total. The fourth-order valence-corrected chi connectivity index (χ4v) is 2.81. The summed E-state index contributed by atoms with van der Waals surface area (Å²) in [5.74, 6) is -0.421. The Morgan fingerprint density at radius 1 is 1.10 bits per heavy atom. The molecule has 1 heterocycles. The molecule has 3 heteroatoms. The third-order valence-corrected chi connectivity index (χ3v) is 3.81. The topological polar surface area (TPSA) is 20.3 Å². The molecular formula is C17H16FNO. The van der Waals surface area contributed by atoms with Gasteiger partial charge in [-0.1, -0.05) is 30.3 Å². The highest BCUT2D eigenvalue weighted by Crippen LogP contribution is 2.30. The van der Waals surface area contributed by atoms with Crippen LogP contribution in [0, 0.1) is 5.82 Å². The maximum atomic E-state index is 14.2. The van der Waals surface area contributed by atoms with Crippen molar-refractivity contribution in [2.75, 3.05) is 11.4 Å². The number of carbonyl (C=O) groups is 1. The van der Waals surface area contributed by atoms with Crippen LogP contribution in [0.15, 0.2) is 42.5 Å². The summed E-state index contributed by atoms with van der Waals surface area (Å²) in [7, 11) is 0.